The number of ether oxygens (including phenoxy) is 1. The molecule has 0 aliphatic carbocycles. The predicted octanol–water partition coefficient (Wildman–Crippen LogP) is 2.03. The minimum Gasteiger partial charge on any atom is -0.480 e. The molecule has 1 aliphatic heterocycles. The van der Waals surface area contributed by atoms with Crippen molar-refractivity contribution < 1.29 is 4.74 Å². The summed E-state index contributed by atoms with van der Waals surface area (Å²) in [6, 6.07) is 4.91. The van der Waals surface area contributed by atoms with Crippen LogP contribution in [0.3, 0.4) is 0 Å². The molecule has 0 saturated carbocycles. The lowest BCUT2D eigenvalue weighted by molar-refractivity contribution is 0.201. The van der Waals surface area contributed by atoms with Crippen LogP contribution in [0, 0.1) is 0 Å². The molecule has 1 saturated heterocycles. The quantitative estimate of drug-likeness (QED) is 0.782. The van der Waals surface area contributed by atoms with Gasteiger partial charge in [0.1, 0.15) is 0 Å². The number of methoxy groups -OCH3 is 1. The van der Waals surface area contributed by atoms with Gasteiger partial charge in [-0.25, -0.2) is 0 Å². The number of hydrogen-bond donors (Lipinski definition) is 0. The van der Waals surface area contributed by atoms with Gasteiger partial charge in [-0.05, 0) is 39.3 Å². The zero-order chi connectivity index (χ0) is 11.5. The smallest absolute Gasteiger partial charge is 0.233 e. The number of rotatable bonds is 3. The topological polar surface area (TPSA) is 38.2 Å². The summed E-state index contributed by atoms with van der Waals surface area (Å²) < 4.78 is 5.02. The summed E-state index contributed by atoms with van der Waals surface area (Å²) in [5.41, 5.74) is 1.06. The van der Waals surface area contributed by atoms with E-state index in [1.807, 2.05) is 12.1 Å². The van der Waals surface area contributed by atoms with Crippen LogP contribution in [0.2, 0.25) is 0 Å². The minimum absolute atomic E-state index is 0.429. The first-order chi connectivity index (χ1) is 7.72. The molecule has 4 nitrogen and oxygen atoms in total. The highest BCUT2D eigenvalue weighted by Gasteiger charge is 2.28. The third kappa shape index (κ3) is 2.16. The lowest BCUT2D eigenvalue weighted by Gasteiger charge is -2.27. The molecule has 1 aromatic rings. The Morgan fingerprint density at radius 1 is 1.38 bits per heavy atom. The Kier molecular flexibility index (Phi) is 3.39. The second kappa shape index (κ2) is 4.78. The van der Waals surface area contributed by atoms with Crippen molar-refractivity contribution in [3.05, 3.63) is 17.8 Å². The van der Waals surface area contributed by atoms with Crippen molar-refractivity contribution in [1.29, 1.82) is 0 Å². The van der Waals surface area contributed by atoms with Gasteiger partial charge in [-0.1, -0.05) is 0 Å². The molecule has 1 aliphatic rings. The van der Waals surface area contributed by atoms with Gasteiger partial charge in [-0.2, -0.15) is 5.10 Å². The number of hydrogen-bond acceptors (Lipinski definition) is 4. The molecule has 0 radical (unpaired) electrons. The highest BCUT2D eigenvalue weighted by Crippen LogP contribution is 2.32. The minimum atomic E-state index is 0.429. The second-order valence-corrected chi connectivity index (χ2v) is 4.49. The van der Waals surface area contributed by atoms with Crippen molar-refractivity contribution in [3.63, 3.8) is 0 Å². The van der Waals surface area contributed by atoms with Crippen LogP contribution in [0.5, 0.6) is 5.88 Å². The standard InChI is InChI=1S/C12H19N3O/c1-9(2)15-8-4-5-11(15)10-6-7-12(16-3)14-13-10/h6-7,9,11H,4-5,8H2,1-3H3. The Morgan fingerprint density at radius 2 is 2.19 bits per heavy atom. The van der Waals surface area contributed by atoms with E-state index in [0.29, 0.717) is 18.0 Å². The van der Waals surface area contributed by atoms with Crippen molar-refractivity contribution in [2.45, 2.75) is 38.8 Å². The van der Waals surface area contributed by atoms with E-state index in [2.05, 4.69) is 28.9 Å². The normalized spacial score (nSPS) is 21.6. The lowest BCUT2D eigenvalue weighted by Crippen LogP contribution is -2.30. The van der Waals surface area contributed by atoms with Gasteiger partial charge in [0.15, 0.2) is 0 Å². The van der Waals surface area contributed by atoms with E-state index in [1.165, 1.54) is 12.8 Å². The maximum Gasteiger partial charge on any atom is 0.233 e. The maximum atomic E-state index is 5.02. The Bertz CT molecular complexity index is 337. The molecule has 4 heteroatoms. The van der Waals surface area contributed by atoms with Crippen molar-refractivity contribution in [2.24, 2.45) is 0 Å². The Morgan fingerprint density at radius 3 is 2.75 bits per heavy atom. The first-order valence-corrected chi connectivity index (χ1v) is 5.85. The van der Waals surface area contributed by atoms with E-state index in [0.717, 1.165) is 12.2 Å². The molecule has 1 aromatic heterocycles. The van der Waals surface area contributed by atoms with Crippen molar-refractivity contribution in [2.75, 3.05) is 13.7 Å². The molecule has 2 rings (SSSR count). The highest BCUT2D eigenvalue weighted by atomic mass is 16.5. The van der Waals surface area contributed by atoms with E-state index in [4.69, 9.17) is 4.74 Å². The SMILES string of the molecule is COc1ccc(C2CCCN2C(C)C)nn1. The average molecular weight is 221 g/mol. The molecule has 0 bridgehead atoms. The Balaban J connectivity index is 2.16. The predicted molar refractivity (Wildman–Crippen MR) is 62.4 cm³/mol. The molecule has 0 N–H and O–H groups in total. The molecular formula is C12H19N3O. The molecule has 1 fully saturated rings. The maximum absolute atomic E-state index is 5.02. The van der Waals surface area contributed by atoms with Gasteiger partial charge in [-0.15, -0.1) is 5.10 Å². The Hall–Kier alpha value is -1.16. The van der Waals surface area contributed by atoms with Crippen LogP contribution in [0.4, 0.5) is 0 Å². The first kappa shape index (κ1) is 11.3. The summed E-state index contributed by atoms with van der Waals surface area (Å²) in [4.78, 5) is 2.48. The van der Waals surface area contributed by atoms with Gasteiger partial charge in [0.2, 0.25) is 5.88 Å². The lowest BCUT2D eigenvalue weighted by atomic mass is 10.1. The summed E-state index contributed by atoms with van der Waals surface area (Å²) in [6.07, 6.45) is 2.43. The monoisotopic (exact) mass is 221 g/mol. The van der Waals surface area contributed by atoms with Gasteiger partial charge in [0, 0.05) is 12.1 Å². The second-order valence-electron chi connectivity index (χ2n) is 4.49. The van der Waals surface area contributed by atoms with Crippen molar-refractivity contribution in [3.8, 4) is 5.88 Å². The Labute approximate surface area is 96.6 Å². The molecule has 1 unspecified atom stereocenters. The van der Waals surface area contributed by atoms with Crippen LogP contribution in [-0.4, -0.2) is 34.8 Å². The van der Waals surface area contributed by atoms with Gasteiger partial charge in [0.05, 0.1) is 18.8 Å². The average Bonchev–Trinajstić information content (AvgIpc) is 2.78. The summed E-state index contributed by atoms with van der Waals surface area (Å²) >= 11 is 0. The molecule has 88 valence electrons. The molecular weight excluding hydrogens is 202 g/mol. The van der Waals surface area contributed by atoms with Crippen LogP contribution in [0.25, 0.3) is 0 Å². The van der Waals surface area contributed by atoms with Gasteiger partial charge >= 0.3 is 0 Å². The van der Waals surface area contributed by atoms with Gasteiger partial charge < -0.3 is 4.74 Å². The molecule has 0 aromatic carbocycles. The first-order valence-electron chi connectivity index (χ1n) is 5.85. The highest BCUT2D eigenvalue weighted by molar-refractivity contribution is 5.15. The van der Waals surface area contributed by atoms with E-state index >= 15 is 0 Å². The summed E-state index contributed by atoms with van der Waals surface area (Å²) in [7, 11) is 1.61. The van der Waals surface area contributed by atoms with Crippen LogP contribution in [0.1, 0.15) is 38.4 Å². The molecule has 1 atom stereocenters. The van der Waals surface area contributed by atoms with Crippen molar-refractivity contribution in [1.82, 2.24) is 15.1 Å². The number of nitrogens with zero attached hydrogens (tertiary/aromatic N) is 3. The van der Waals surface area contributed by atoms with Gasteiger partial charge in [-0.3, -0.25) is 4.90 Å². The van der Waals surface area contributed by atoms with E-state index in [1.54, 1.807) is 7.11 Å². The number of likely N-dealkylation sites (tertiary alicyclic amines) is 1. The van der Waals surface area contributed by atoms with E-state index in [9.17, 15) is 0 Å². The van der Waals surface area contributed by atoms with Crippen LogP contribution in [0.15, 0.2) is 12.1 Å². The van der Waals surface area contributed by atoms with Crippen LogP contribution in [-0.2, 0) is 0 Å². The van der Waals surface area contributed by atoms with Gasteiger partial charge in [0.25, 0.3) is 0 Å². The van der Waals surface area contributed by atoms with Crippen LogP contribution < -0.4 is 4.74 Å². The fourth-order valence-electron chi connectivity index (χ4n) is 2.34. The van der Waals surface area contributed by atoms with Crippen LogP contribution >= 0.6 is 0 Å². The van der Waals surface area contributed by atoms with E-state index < -0.39 is 0 Å². The van der Waals surface area contributed by atoms with E-state index in [-0.39, 0.29) is 0 Å². The third-order valence-corrected chi connectivity index (χ3v) is 3.17. The molecule has 0 amide bonds. The molecule has 0 spiro atoms. The fraction of sp³-hybridized carbons (Fsp3) is 0.667. The summed E-state index contributed by atoms with van der Waals surface area (Å²) in [6.45, 7) is 5.63. The van der Waals surface area contributed by atoms with Crippen molar-refractivity contribution >= 4 is 0 Å². The zero-order valence-corrected chi connectivity index (χ0v) is 10.2. The summed E-state index contributed by atoms with van der Waals surface area (Å²) in [5, 5.41) is 8.28. The third-order valence-electron chi connectivity index (χ3n) is 3.17. The fourth-order valence-corrected chi connectivity index (χ4v) is 2.34. The molecule has 16 heavy (non-hydrogen) atoms. The zero-order valence-electron chi connectivity index (χ0n) is 10.2. The number of aromatic nitrogens is 2. The molecule has 2 heterocycles. The summed E-state index contributed by atoms with van der Waals surface area (Å²) in [5.74, 6) is 0.581. The largest absolute Gasteiger partial charge is 0.480 e.